The highest BCUT2D eigenvalue weighted by molar-refractivity contribution is 7.17. The second kappa shape index (κ2) is 7.03. The lowest BCUT2D eigenvalue weighted by atomic mass is 10.1. The van der Waals surface area contributed by atoms with Gasteiger partial charge in [-0.15, -0.1) is 11.3 Å². The molecule has 0 atom stereocenters. The molecular formula is C23H16ClN3OS. The zero-order valence-corrected chi connectivity index (χ0v) is 17.1. The first-order chi connectivity index (χ1) is 14.1. The molecule has 0 amide bonds. The van der Waals surface area contributed by atoms with Gasteiger partial charge < -0.3 is 4.98 Å². The van der Waals surface area contributed by atoms with Crippen LogP contribution in [0.25, 0.3) is 33.2 Å². The van der Waals surface area contributed by atoms with Crippen molar-refractivity contribution < 1.29 is 4.79 Å². The molecule has 0 aliphatic rings. The van der Waals surface area contributed by atoms with E-state index in [0.717, 1.165) is 37.7 Å². The fourth-order valence-electron chi connectivity index (χ4n) is 3.47. The summed E-state index contributed by atoms with van der Waals surface area (Å²) in [4.78, 5) is 22.9. The lowest BCUT2D eigenvalue weighted by Crippen LogP contribution is -1.93. The Hall–Kier alpha value is -3.15. The van der Waals surface area contributed by atoms with Crippen LogP contribution in [-0.4, -0.2) is 20.2 Å². The second-order valence-electron chi connectivity index (χ2n) is 6.79. The number of aromatic nitrogens is 3. The van der Waals surface area contributed by atoms with E-state index in [4.69, 9.17) is 16.6 Å². The molecule has 5 aromatic rings. The molecule has 29 heavy (non-hydrogen) atoms. The Kier molecular flexibility index (Phi) is 4.34. The molecule has 0 radical (unpaired) electrons. The zero-order chi connectivity index (χ0) is 20.0. The Labute approximate surface area is 176 Å². The number of hydrogen-bond donors (Lipinski definition) is 1. The van der Waals surface area contributed by atoms with E-state index in [1.807, 2.05) is 72.1 Å². The summed E-state index contributed by atoms with van der Waals surface area (Å²) in [5.41, 5.74) is 4.27. The molecule has 0 aliphatic heterocycles. The van der Waals surface area contributed by atoms with Crippen LogP contribution in [0.4, 0.5) is 0 Å². The van der Waals surface area contributed by atoms with Crippen molar-refractivity contribution in [2.24, 2.45) is 0 Å². The molecule has 0 fully saturated rings. The fraction of sp³-hybridized carbons (Fsp3) is 0.0435. The molecule has 5 rings (SSSR count). The second-order valence-corrected chi connectivity index (χ2v) is 8.44. The Bertz CT molecular complexity index is 1390. The summed E-state index contributed by atoms with van der Waals surface area (Å²) in [6, 6.07) is 15.4. The highest BCUT2D eigenvalue weighted by Gasteiger charge is 2.15. The van der Waals surface area contributed by atoms with Crippen LogP contribution in [0.15, 0.2) is 67.0 Å². The molecule has 2 aromatic carbocycles. The number of carbonyl (C=O) groups is 1. The number of thiazole rings is 1. The van der Waals surface area contributed by atoms with Crippen LogP contribution in [0.5, 0.6) is 0 Å². The number of ketones is 1. The fourth-order valence-corrected chi connectivity index (χ4v) is 4.43. The predicted octanol–water partition coefficient (Wildman–Crippen LogP) is 6.40. The van der Waals surface area contributed by atoms with Crippen LogP contribution in [0.2, 0.25) is 5.02 Å². The molecule has 1 N–H and O–H groups in total. The van der Waals surface area contributed by atoms with Crippen molar-refractivity contribution >= 4 is 50.7 Å². The van der Waals surface area contributed by atoms with Crippen LogP contribution >= 0.6 is 22.9 Å². The molecule has 0 unspecified atom stereocenters. The molecule has 6 heteroatoms. The molecule has 0 aliphatic carbocycles. The van der Waals surface area contributed by atoms with Crippen LogP contribution in [0, 0.1) is 6.92 Å². The lowest BCUT2D eigenvalue weighted by molar-refractivity contribution is 0.104. The third-order valence-corrected chi connectivity index (χ3v) is 5.99. The van der Waals surface area contributed by atoms with Crippen LogP contribution in [0.1, 0.15) is 20.9 Å². The molecule has 3 aromatic heterocycles. The molecular weight excluding hydrogens is 402 g/mol. The van der Waals surface area contributed by atoms with Gasteiger partial charge in [0.25, 0.3) is 0 Å². The average molecular weight is 418 g/mol. The minimum atomic E-state index is -0.0496. The van der Waals surface area contributed by atoms with Crippen molar-refractivity contribution in [3.8, 4) is 11.3 Å². The molecule has 0 spiro atoms. The van der Waals surface area contributed by atoms with Gasteiger partial charge in [0, 0.05) is 44.3 Å². The Morgan fingerprint density at radius 2 is 1.97 bits per heavy atom. The van der Waals surface area contributed by atoms with Crippen LogP contribution in [-0.2, 0) is 0 Å². The number of hydrogen-bond acceptors (Lipinski definition) is 3. The van der Waals surface area contributed by atoms with Gasteiger partial charge in [-0.3, -0.25) is 9.20 Å². The minimum absolute atomic E-state index is 0.0496. The maximum absolute atomic E-state index is 12.9. The summed E-state index contributed by atoms with van der Waals surface area (Å²) in [6.45, 7) is 2.05. The number of imidazole rings is 1. The summed E-state index contributed by atoms with van der Waals surface area (Å²) >= 11 is 7.66. The van der Waals surface area contributed by atoms with Crippen LogP contribution in [0.3, 0.4) is 0 Å². The normalized spacial score (nSPS) is 11.8. The summed E-state index contributed by atoms with van der Waals surface area (Å²) in [5.74, 6) is -0.0496. The number of benzene rings is 2. The first-order valence-electron chi connectivity index (χ1n) is 9.13. The zero-order valence-electron chi connectivity index (χ0n) is 15.5. The van der Waals surface area contributed by atoms with Crippen molar-refractivity contribution in [1.82, 2.24) is 14.4 Å². The van der Waals surface area contributed by atoms with E-state index in [2.05, 4.69) is 4.98 Å². The SMILES string of the molecule is Cc1cn2c(C=CC(=O)c3c[nH]c4ccccc34)c(-c3ccc(Cl)cc3)nc2s1. The quantitative estimate of drug-likeness (QED) is 0.271. The number of halogens is 1. The van der Waals surface area contributed by atoms with E-state index in [0.29, 0.717) is 10.6 Å². The standard InChI is InChI=1S/C23H16ClN3OS/c1-14-13-27-20(22(26-23(27)29-14)15-6-8-16(24)9-7-15)10-11-21(28)18-12-25-19-5-3-2-4-17(18)19/h2-13,25H,1H3. The number of carbonyl (C=O) groups excluding carboxylic acids is 1. The van der Waals surface area contributed by atoms with E-state index in [1.165, 1.54) is 0 Å². The Morgan fingerprint density at radius 1 is 1.17 bits per heavy atom. The Balaban J connectivity index is 1.59. The number of H-pyrrole nitrogens is 1. The van der Waals surface area contributed by atoms with Gasteiger partial charge in [0.1, 0.15) is 0 Å². The van der Waals surface area contributed by atoms with Gasteiger partial charge in [0.05, 0.1) is 11.4 Å². The number of para-hydroxylation sites is 1. The minimum Gasteiger partial charge on any atom is -0.360 e. The number of rotatable bonds is 4. The van der Waals surface area contributed by atoms with E-state index in [-0.39, 0.29) is 5.78 Å². The maximum Gasteiger partial charge on any atom is 0.194 e. The number of nitrogens with one attached hydrogen (secondary N) is 1. The van der Waals surface area contributed by atoms with Gasteiger partial charge in [0.2, 0.25) is 0 Å². The summed E-state index contributed by atoms with van der Waals surface area (Å²) < 4.78 is 2.03. The largest absolute Gasteiger partial charge is 0.360 e. The number of nitrogens with zero attached hydrogens (tertiary/aromatic N) is 2. The van der Waals surface area contributed by atoms with Gasteiger partial charge in [-0.1, -0.05) is 41.9 Å². The van der Waals surface area contributed by atoms with Gasteiger partial charge in [-0.2, -0.15) is 0 Å². The van der Waals surface area contributed by atoms with E-state index in [9.17, 15) is 4.79 Å². The van der Waals surface area contributed by atoms with Crippen molar-refractivity contribution in [3.63, 3.8) is 0 Å². The smallest absolute Gasteiger partial charge is 0.194 e. The van der Waals surface area contributed by atoms with E-state index < -0.39 is 0 Å². The van der Waals surface area contributed by atoms with Crippen molar-refractivity contribution in [2.75, 3.05) is 0 Å². The summed E-state index contributed by atoms with van der Waals surface area (Å²) in [6.07, 6.45) is 7.27. The van der Waals surface area contributed by atoms with E-state index >= 15 is 0 Å². The first kappa shape index (κ1) is 17.9. The van der Waals surface area contributed by atoms with Crippen molar-refractivity contribution in [2.45, 2.75) is 6.92 Å². The summed E-state index contributed by atoms with van der Waals surface area (Å²) in [7, 11) is 0. The number of aryl methyl sites for hydroxylation is 1. The number of aromatic amines is 1. The summed E-state index contributed by atoms with van der Waals surface area (Å²) in [5, 5.41) is 1.60. The van der Waals surface area contributed by atoms with Gasteiger partial charge in [0.15, 0.2) is 10.7 Å². The molecule has 0 bridgehead atoms. The Morgan fingerprint density at radius 3 is 2.79 bits per heavy atom. The van der Waals surface area contributed by atoms with Crippen molar-refractivity contribution in [1.29, 1.82) is 0 Å². The molecule has 142 valence electrons. The monoisotopic (exact) mass is 417 g/mol. The molecule has 0 saturated carbocycles. The molecule has 4 nitrogen and oxygen atoms in total. The highest BCUT2D eigenvalue weighted by Crippen LogP contribution is 2.30. The maximum atomic E-state index is 12.9. The highest BCUT2D eigenvalue weighted by atomic mass is 35.5. The molecule has 3 heterocycles. The van der Waals surface area contributed by atoms with Gasteiger partial charge >= 0.3 is 0 Å². The third-order valence-electron chi connectivity index (χ3n) is 4.84. The average Bonchev–Trinajstić information content (AvgIpc) is 3.39. The van der Waals surface area contributed by atoms with E-state index in [1.54, 1.807) is 23.6 Å². The van der Waals surface area contributed by atoms with Gasteiger partial charge in [-0.05, 0) is 37.3 Å². The number of allylic oxidation sites excluding steroid dienone is 1. The lowest BCUT2D eigenvalue weighted by Gasteiger charge is -2.01. The van der Waals surface area contributed by atoms with Crippen LogP contribution < -0.4 is 0 Å². The molecule has 0 saturated heterocycles. The van der Waals surface area contributed by atoms with Gasteiger partial charge in [-0.25, -0.2) is 4.98 Å². The third kappa shape index (κ3) is 3.18. The van der Waals surface area contributed by atoms with Crippen molar-refractivity contribution in [3.05, 3.63) is 88.2 Å². The topological polar surface area (TPSA) is 50.2 Å². The first-order valence-corrected chi connectivity index (χ1v) is 10.3. The number of fused-ring (bicyclic) bond motifs is 2. The predicted molar refractivity (Wildman–Crippen MR) is 120 cm³/mol.